The highest BCUT2D eigenvalue weighted by atomic mass is 16.1. The molecule has 5 rings (SSSR count). The van der Waals surface area contributed by atoms with Gasteiger partial charge in [0, 0.05) is 24.3 Å². The Morgan fingerprint density at radius 1 is 1.04 bits per heavy atom. The van der Waals surface area contributed by atoms with Crippen LogP contribution in [0.1, 0.15) is 6.92 Å². The van der Waals surface area contributed by atoms with E-state index in [1.54, 1.807) is 17.0 Å². The van der Waals surface area contributed by atoms with E-state index in [4.69, 9.17) is 0 Å². The molecule has 5 aromatic rings. The lowest BCUT2D eigenvalue weighted by atomic mass is 10.0. The molecule has 0 saturated heterocycles. The lowest BCUT2D eigenvalue weighted by Crippen LogP contribution is -2.19. The summed E-state index contributed by atoms with van der Waals surface area (Å²) in [6.45, 7) is 2.59. The summed E-state index contributed by atoms with van der Waals surface area (Å²) in [5.74, 6) is 0. The summed E-state index contributed by atoms with van der Waals surface area (Å²) in [4.78, 5) is 12.8. The van der Waals surface area contributed by atoms with Gasteiger partial charge in [-0.25, -0.2) is 4.68 Å². The van der Waals surface area contributed by atoms with Crippen LogP contribution in [0.4, 0.5) is 0 Å². The van der Waals surface area contributed by atoms with Gasteiger partial charge in [0.15, 0.2) is 0 Å². The number of H-pyrrole nitrogens is 1. The van der Waals surface area contributed by atoms with Crippen LogP contribution in [0.15, 0.2) is 71.9 Å². The van der Waals surface area contributed by atoms with Gasteiger partial charge in [0.05, 0.1) is 28.3 Å². The molecule has 0 radical (unpaired) electrons. The van der Waals surface area contributed by atoms with Crippen molar-refractivity contribution in [2.24, 2.45) is 0 Å². The normalized spacial score (nSPS) is 11.4. The SMILES string of the molecule is CCn1c(=O)c2cn[nH]c2c2ccc(-c3cccc(-n4cccn4)c3)cc21. The third kappa shape index (κ3) is 2.38. The van der Waals surface area contributed by atoms with E-state index in [0.29, 0.717) is 11.9 Å². The fourth-order valence-electron chi connectivity index (χ4n) is 3.62. The van der Waals surface area contributed by atoms with E-state index >= 15 is 0 Å². The molecular weight excluding hydrogens is 338 g/mol. The molecule has 0 spiro atoms. The van der Waals surface area contributed by atoms with Crippen LogP contribution in [0.3, 0.4) is 0 Å². The Hall–Kier alpha value is -3.67. The van der Waals surface area contributed by atoms with Gasteiger partial charge >= 0.3 is 0 Å². The molecule has 0 saturated carbocycles. The second kappa shape index (κ2) is 5.95. The van der Waals surface area contributed by atoms with Crippen LogP contribution < -0.4 is 5.56 Å². The number of rotatable bonds is 3. The Labute approximate surface area is 154 Å². The highest BCUT2D eigenvalue weighted by Crippen LogP contribution is 2.28. The molecule has 2 aromatic carbocycles. The Kier molecular flexibility index (Phi) is 3.43. The summed E-state index contributed by atoms with van der Waals surface area (Å²) in [5.41, 5.74) is 4.80. The molecule has 0 amide bonds. The van der Waals surface area contributed by atoms with Gasteiger partial charge in [-0.3, -0.25) is 9.89 Å². The molecule has 3 heterocycles. The lowest BCUT2D eigenvalue weighted by Gasteiger charge is -2.12. The van der Waals surface area contributed by atoms with Crippen LogP contribution in [0.5, 0.6) is 0 Å². The number of fused-ring (bicyclic) bond motifs is 3. The molecule has 0 unspecified atom stereocenters. The van der Waals surface area contributed by atoms with Crippen molar-refractivity contribution in [1.82, 2.24) is 24.5 Å². The second-order valence-corrected chi connectivity index (χ2v) is 6.44. The topological polar surface area (TPSA) is 68.5 Å². The van der Waals surface area contributed by atoms with Crippen molar-refractivity contribution in [2.75, 3.05) is 0 Å². The predicted molar refractivity (Wildman–Crippen MR) is 106 cm³/mol. The van der Waals surface area contributed by atoms with Crippen molar-refractivity contribution in [2.45, 2.75) is 13.5 Å². The number of aryl methyl sites for hydroxylation is 1. The number of nitrogens with one attached hydrogen (secondary N) is 1. The number of benzene rings is 2. The minimum Gasteiger partial charge on any atom is -0.308 e. The number of nitrogens with zero attached hydrogens (tertiary/aromatic N) is 4. The fraction of sp³-hybridized carbons (Fsp3) is 0.0952. The van der Waals surface area contributed by atoms with Crippen molar-refractivity contribution in [3.8, 4) is 16.8 Å². The largest absolute Gasteiger partial charge is 0.308 e. The number of aromatic nitrogens is 5. The van der Waals surface area contributed by atoms with Gasteiger partial charge in [-0.15, -0.1) is 0 Å². The Morgan fingerprint density at radius 2 is 1.93 bits per heavy atom. The predicted octanol–water partition coefficient (Wildman–Crippen LogP) is 3.75. The molecule has 0 bridgehead atoms. The van der Waals surface area contributed by atoms with Crippen LogP contribution in [0.2, 0.25) is 0 Å². The van der Waals surface area contributed by atoms with E-state index in [0.717, 1.165) is 33.2 Å². The van der Waals surface area contributed by atoms with E-state index in [-0.39, 0.29) is 5.56 Å². The van der Waals surface area contributed by atoms with Gasteiger partial charge in [-0.05, 0) is 42.3 Å². The second-order valence-electron chi connectivity index (χ2n) is 6.44. The standard InChI is InChI=1S/C21H17N5O/c1-2-25-19-12-15(7-8-17(19)20-18(21(25)27)13-22-24-20)14-5-3-6-16(11-14)26-10-4-9-23-26/h3-13H,2H2,1H3,(H,22,24). The van der Waals surface area contributed by atoms with Crippen LogP contribution in [0, 0.1) is 0 Å². The first-order chi connectivity index (χ1) is 13.3. The molecule has 0 atom stereocenters. The Bertz CT molecular complexity index is 1330. The van der Waals surface area contributed by atoms with Crippen molar-refractivity contribution in [3.05, 3.63) is 77.5 Å². The molecule has 0 fully saturated rings. The van der Waals surface area contributed by atoms with E-state index < -0.39 is 0 Å². The molecule has 0 aliphatic rings. The summed E-state index contributed by atoms with van der Waals surface area (Å²) in [6, 6.07) is 16.3. The molecule has 27 heavy (non-hydrogen) atoms. The van der Waals surface area contributed by atoms with Crippen LogP contribution in [-0.4, -0.2) is 24.5 Å². The zero-order chi connectivity index (χ0) is 18.4. The van der Waals surface area contributed by atoms with E-state index in [9.17, 15) is 4.79 Å². The summed E-state index contributed by atoms with van der Waals surface area (Å²) in [6.07, 6.45) is 5.28. The van der Waals surface area contributed by atoms with Gasteiger partial charge in [-0.2, -0.15) is 10.2 Å². The highest BCUT2D eigenvalue weighted by molar-refractivity contribution is 6.04. The number of hydrogen-bond acceptors (Lipinski definition) is 3. The summed E-state index contributed by atoms with van der Waals surface area (Å²) in [7, 11) is 0. The minimum atomic E-state index is -0.0174. The van der Waals surface area contributed by atoms with Crippen LogP contribution in [-0.2, 0) is 6.54 Å². The van der Waals surface area contributed by atoms with Crippen molar-refractivity contribution >= 4 is 21.8 Å². The maximum Gasteiger partial charge on any atom is 0.262 e. The van der Waals surface area contributed by atoms with Crippen molar-refractivity contribution in [1.29, 1.82) is 0 Å². The molecule has 0 aliphatic heterocycles. The first-order valence-corrected chi connectivity index (χ1v) is 8.86. The lowest BCUT2D eigenvalue weighted by molar-refractivity contribution is 0.767. The van der Waals surface area contributed by atoms with Gasteiger partial charge in [0.25, 0.3) is 5.56 Å². The van der Waals surface area contributed by atoms with Crippen molar-refractivity contribution < 1.29 is 0 Å². The third-order valence-electron chi connectivity index (χ3n) is 4.94. The average molecular weight is 355 g/mol. The molecular formula is C21H17N5O. The summed E-state index contributed by atoms with van der Waals surface area (Å²) >= 11 is 0. The first-order valence-electron chi connectivity index (χ1n) is 8.86. The highest BCUT2D eigenvalue weighted by Gasteiger charge is 2.12. The van der Waals surface area contributed by atoms with E-state index in [1.165, 1.54) is 0 Å². The monoisotopic (exact) mass is 355 g/mol. The molecule has 1 N–H and O–H groups in total. The number of hydrogen-bond donors (Lipinski definition) is 1. The molecule has 0 aliphatic carbocycles. The van der Waals surface area contributed by atoms with E-state index in [2.05, 4.69) is 45.6 Å². The van der Waals surface area contributed by atoms with Gasteiger partial charge in [0.1, 0.15) is 0 Å². The maximum atomic E-state index is 12.8. The van der Waals surface area contributed by atoms with Gasteiger partial charge in [-0.1, -0.05) is 24.3 Å². The molecule has 3 aromatic heterocycles. The fourth-order valence-corrected chi connectivity index (χ4v) is 3.62. The molecule has 132 valence electrons. The summed E-state index contributed by atoms with van der Waals surface area (Å²) < 4.78 is 3.63. The van der Waals surface area contributed by atoms with Crippen LogP contribution >= 0.6 is 0 Å². The smallest absolute Gasteiger partial charge is 0.262 e. The first kappa shape index (κ1) is 15.6. The zero-order valence-corrected chi connectivity index (χ0v) is 14.8. The van der Waals surface area contributed by atoms with Gasteiger partial charge in [0.2, 0.25) is 0 Å². The minimum absolute atomic E-state index is 0.0174. The number of aromatic amines is 1. The average Bonchev–Trinajstić information content (AvgIpc) is 3.40. The van der Waals surface area contributed by atoms with Crippen LogP contribution in [0.25, 0.3) is 38.6 Å². The maximum absolute atomic E-state index is 12.8. The zero-order valence-electron chi connectivity index (χ0n) is 14.8. The van der Waals surface area contributed by atoms with Gasteiger partial charge < -0.3 is 4.57 Å². The molecule has 6 heteroatoms. The van der Waals surface area contributed by atoms with E-state index in [1.807, 2.05) is 36.0 Å². The summed E-state index contributed by atoms with van der Waals surface area (Å²) in [5, 5.41) is 12.9. The third-order valence-corrected chi connectivity index (χ3v) is 4.94. The molecule has 6 nitrogen and oxygen atoms in total. The Morgan fingerprint density at radius 3 is 2.74 bits per heavy atom. The quantitative estimate of drug-likeness (QED) is 0.536. The Balaban J connectivity index is 1.75. The number of pyridine rings is 1. The van der Waals surface area contributed by atoms with Crippen molar-refractivity contribution in [3.63, 3.8) is 0 Å².